The first-order chi connectivity index (χ1) is 7.93. The normalized spacial score (nSPS) is 10.0. The van der Waals surface area contributed by atoms with Gasteiger partial charge in [-0.25, -0.2) is 0 Å². The lowest BCUT2D eigenvalue weighted by Crippen LogP contribution is -2.09. The van der Waals surface area contributed by atoms with Crippen molar-refractivity contribution in [2.24, 2.45) is 0 Å². The maximum absolute atomic E-state index is 10.8. The topological polar surface area (TPSA) is 92.5 Å². The van der Waals surface area contributed by atoms with Crippen LogP contribution >= 0.6 is 23.2 Å². The van der Waals surface area contributed by atoms with Gasteiger partial charge in [-0.1, -0.05) is 23.2 Å². The molecule has 1 aromatic carbocycles. The van der Waals surface area contributed by atoms with Crippen LogP contribution in [0.3, 0.4) is 0 Å². The van der Waals surface area contributed by atoms with Crippen molar-refractivity contribution in [3.05, 3.63) is 32.3 Å². The van der Waals surface area contributed by atoms with Gasteiger partial charge in [0, 0.05) is 6.54 Å². The molecule has 0 unspecified atom stereocenters. The number of nitro groups is 1. The van der Waals surface area contributed by atoms with Crippen LogP contribution in [0.2, 0.25) is 10.0 Å². The van der Waals surface area contributed by atoms with Crippen LogP contribution in [-0.4, -0.2) is 22.5 Å². The Hall–Kier alpha value is -1.53. The number of nitrogens with one attached hydrogen (secondary N) is 1. The fourth-order valence-electron chi connectivity index (χ4n) is 1.17. The van der Waals surface area contributed by atoms with Gasteiger partial charge in [-0.2, -0.15) is 0 Å². The molecule has 0 aliphatic carbocycles. The predicted octanol–water partition coefficient (Wildman–Crippen LogP) is 2.79. The Morgan fingerprint density at radius 2 is 2.12 bits per heavy atom. The fraction of sp³-hybridized carbons (Fsp3) is 0.222. The molecule has 0 saturated heterocycles. The number of rotatable bonds is 5. The maximum atomic E-state index is 10.8. The highest BCUT2D eigenvalue weighted by molar-refractivity contribution is 6.43. The van der Waals surface area contributed by atoms with Crippen LogP contribution in [0.1, 0.15) is 6.42 Å². The van der Waals surface area contributed by atoms with Gasteiger partial charge in [0.25, 0.3) is 0 Å². The Morgan fingerprint density at radius 1 is 1.47 bits per heavy atom. The van der Waals surface area contributed by atoms with Gasteiger partial charge in [0.1, 0.15) is 10.7 Å². The van der Waals surface area contributed by atoms with Crippen LogP contribution in [0.15, 0.2) is 12.1 Å². The lowest BCUT2D eigenvalue weighted by atomic mass is 10.2. The largest absolute Gasteiger partial charge is 0.481 e. The van der Waals surface area contributed by atoms with Gasteiger partial charge < -0.3 is 10.4 Å². The monoisotopic (exact) mass is 278 g/mol. The molecule has 8 heteroatoms. The second-order valence-corrected chi connectivity index (χ2v) is 3.87. The van der Waals surface area contributed by atoms with Crippen molar-refractivity contribution in [1.82, 2.24) is 0 Å². The van der Waals surface area contributed by atoms with Crippen molar-refractivity contribution in [3.8, 4) is 0 Å². The van der Waals surface area contributed by atoms with Crippen LogP contribution in [0.4, 0.5) is 11.4 Å². The quantitative estimate of drug-likeness (QED) is 0.638. The Kier molecular flexibility index (Phi) is 4.53. The van der Waals surface area contributed by atoms with Crippen molar-refractivity contribution < 1.29 is 14.8 Å². The zero-order valence-corrected chi connectivity index (χ0v) is 9.96. The lowest BCUT2D eigenvalue weighted by Gasteiger charge is -2.07. The van der Waals surface area contributed by atoms with E-state index in [1.165, 1.54) is 12.1 Å². The van der Waals surface area contributed by atoms with Crippen LogP contribution in [-0.2, 0) is 4.79 Å². The summed E-state index contributed by atoms with van der Waals surface area (Å²) in [6, 6.07) is 2.79. The molecule has 0 radical (unpaired) electrons. The van der Waals surface area contributed by atoms with Gasteiger partial charge in [-0.3, -0.25) is 14.9 Å². The van der Waals surface area contributed by atoms with E-state index in [1.54, 1.807) is 0 Å². The number of carbonyl (C=O) groups is 1. The third kappa shape index (κ3) is 3.47. The number of benzene rings is 1. The molecule has 0 aromatic heterocycles. The van der Waals surface area contributed by atoms with Crippen LogP contribution < -0.4 is 5.32 Å². The van der Waals surface area contributed by atoms with Crippen molar-refractivity contribution in [2.75, 3.05) is 11.9 Å². The van der Waals surface area contributed by atoms with E-state index >= 15 is 0 Å². The summed E-state index contributed by atoms with van der Waals surface area (Å²) in [5, 5.41) is 21.8. The standard InChI is InChI=1S/C9H8Cl2N2O4/c10-5-1-2-6(12-4-3-7(14)15)9(8(5)11)13(16)17/h1-2,12H,3-4H2,(H,14,15). The second kappa shape index (κ2) is 5.70. The van der Waals surface area contributed by atoms with Crippen LogP contribution in [0.5, 0.6) is 0 Å². The molecule has 0 amide bonds. The summed E-state index contributed by atoms with van der Waals surface area (Å²) in [4.78, 5) is 20.4. The number of anilines is 1. The Morgan fingerprint density at radius 3 is 2.65 bits per heavy atom. The molecule has 0 fully saturated rings. The molecule has 1 rings (SSSR count). The van der Waals surface area contributed by atoms with E-state index in [2.05, 4.69) is 5.32 Å². The predicted molar refractivity (Wildman–Crippen MR) is 63.9 cm³/mol. The van der Waals surface area contributed by atoms with Gasteiger partial charge in [-0.05, 0) is 12.1 Å². The number of nitro benzene ring substituents is 1. The third-order valence-electron chi connectivity index (χ3n) is 1.91. The molecule has 0 bridgehead atoms. The Bertz CT molecular complexity index is 465. The van der Waals surface area contributed by atoms with E-state index in [-0.39, 0.29) is 34.4 Å². The molecule has 1 aromatic rings. The molecule has 2 N–H and O–H groups in total. The molecule has 17 heavy (non-hydrogen) atoms. The average molecular weight is 279 g/mol. The zero-order valence-electron chi connectivity index (χ0n) is 8.44. The van der Waals surface area contributed by atoms with E-state index in [0.29, 0.717) is 0 Å². The maximum Gasteiger partial charge on any atom is 0.312 e. The minimum absolute atomic E-state index is 0.0636. The van der Waals surface area contributed by atoms with E-state index < -0.39 is 10.9 Å². The molecule has 0 saturated carbocycles. The van der Waals surface area contributed by atoms with E-state index in [4.69, 9.17) is 28.3 Å². The first kappa shape index (κ1) is 13.5. The number of hydrogen-bond acceptors (Lipinski definition) is 4. The number of carboxylic acid groups (broad SMARTS) is 1. The average Bonchev–Trinajstić information content (AvgIpc) is 2.22. The first-order valence-corrected chi connectivity index (χ1v) is 5.27. The van der Waals surface area contributed by atoms with Crippen LogP contribution in [0.25, 0.3) is 0 Å². The molecule has 92 valence electrons. The number of carboxylic acids is 1. The van der Waals surface area contributed by atoms with Gasteiger partial charge in [0.15, 0.2) is 0 Å². The van der Waals surface area contributed by atoms with Crippen molar-refractivity contribution in [1.29, 1.82) is 0 Å². The molecule has 0 spiro atoms. The van der Waals surface area contributed by atoms with Crippen LogP contribution in [0, 0.1) is 10.1 Å². The molecule has 0 heterocycles. The van der Waals surface area contributed by atoms with Gasteiger partial charge in [0.2, 0.25) is 0 Å². The summed E-state index contributed by atoms with van der Waals surface area (Å²) in [6.45, 7) is 0.0636. The summed E-state index contributed by atoms with van der Waals surface area (Å²) < 4.78 is 0. The van der Waals surface area contributed by atoms with Gasteiger partial charge >= 0.3 is 11.7 Å². The van der Waals surface area contributed by atoms with Crippen molar-refractivity contribution in [2.45, 2.75) is 6.42 Å². The van der Waals surface area contributed by atoms with Crippen molar-refractivity contribution >= 4 is 40.5 Å². The van der Waals surface area contributed by atoms with E-state index in [9.17, 15) is 14.9 Å². The summed E-state index contributed by atoms with van der Waals surface area (Å²) in [6.07, 6.45) is -0.155. The summed E-state index contributed by atoms with van der Waals surface area (Å²) in [5.74, 6) is -1.000. The minimum Gasteiger partial charge on any atom is -0.481 e. The second-order valence-electron chi connectivity index (χ2n) is 3.09. The number of aliphatic carboxylic acids is 1. The fourth-order valence-corrected chi connectivity index (χ4v) is 1.55. The smallest absolute Gasteiger partial charge is 0.312 e. The summed E-state index contributed by atoms with van der Waals surface area (Å²) in [5.41, 5.74) is -0.213. The minimum atomic E-state index is -1.000. The van der Waals surface area contributed by atoms with E-state index in [0.717, 1.165) is 0 Å². The van der Waals surface area contributed by atoms with E-state index in [1.807, 2.05) is 0 Å². The SMILES string of the molecule is O=C(O)CCNc1ccc(Cl)c(Cl)c1[N+](=O)[O-]. The number of nitrogens with zero attached hydrogens (tertiary/aromatic N) is 1. The third-order valence-corrected chi connectivity index (χ3v) is 2.70. The summed E-state index contributed by atoms with van der Waals surface area (Å²) in [7, 11) is 0. The molecular formula is C9H8Cl2N2O4. The van der Waals surface area contributed by atoms with Gasteiger partial charge in [-0.15, -0.1) is 0 Å². The Balaban J connectivity index is 2.95. The summed E-state index contributed by atoms with van der Waals surface area (Å²) >= 11 is 11.4. The highest BCUT2D eigenvalue weighted by atomic mass is 35.5. The first-order valence-electron chi connectivity index (χ1n) is 4.51. The zero-order chi connectivity index (χ0) is 13.0. The molecule has 0 atom stereocenters. The van der Waals surface area contributed by atoms with Gasteiger partial charge in [0.05, 0.1) is 16.4 Å². The highest BCUT2D eigenvalue weighted by Gasteiger charge is 2.21. The highest BCUT2D eigenvalue weighted by Crippen LogP contribution is 2.37. The lowest BCUT2D eigenvalue weighted by molar-refractivity contribution is -0.383. The molecule has 6 nitrogen and oxygen atoms in total. The molecule has 0 aliphatic rings. The number of hydrogen-bond donors (Lipinski definition) is 2. The van der Waals surface area contributed by atoms with Crippen molar-refractivity contribution in [3.63, 3.8) is 0 Å². The Labute approximate surface area is 106 Å². The number of halogens is 2. The molecule has 0 aliphatic heterocycles. The molecular weight excluding hydrogens is 271 g/mol.